The first-order chi connectivity index (χ1) is 16.0. The number of likely N-dealkylation sites (N-methyl/N-ethyl adjacent to an activating group) is 1. The molecule has 8 nitrogen and oxygen atoms in total. The van der Waals surface area contributed by atoms with Crippen molar-refractivity contribution >= 4 is 38.8 Å². The van der Waals surface area contributed by atoms with Crippen LogP contribution < -0.4 is 26.0 Å². The van der Waals surface area contributed by atoms with Crippen LogP contribution >= 0.6 is 11.3 Å². The number of methoxy groups -OCH3 is 1. The zero-order chi connectivity index (χ0) is 23.1. The van der Waals surface area contributed by atoms with E-state index in [1.54, 1.807) is 7.11 Å². The summed E-state index contributed by atoms with van der Waals surface area (Å²) in [7, 11) is 3.72. The summed E-state index contributed by atoms with van der Waals surface area (Å²) < 4.78 is 11.7. The van der Waals surface area contributed by atoms with Crippen molar-refractivity contribution in [2.24, 2.45) is 0 Å². The highest BCUT2D eigenvalue weighted by Gasteiger charge is 2.32. The standard InChI is InChI=1S/C24H29N5O3S/c1-13-4-7-17-21(25)22(33-24(17)27-13)23(30)28-15-8-14-5-6-16(9-19(14)32-12-15)29-10-18(26-2)20(11-29)31-3/h4-7,9,15,18,20,26H,8,10-12,25H2,1-3H3,(H,28,30)/t15-,18+,20+/m1/s1. The minimum Gasteiger partial charge on any atom is -0.491 e. The molecular formula is C24H29N5O3S. The molecule has 33 heavy (non-hydrogen) atoms. The van der Waals surface area contributed by atoms with Crippen LogP contribution in [0.15, 0.2) is 30.3 Å². The van der Waals surface area contributed by atoms with Crippen LogP contribution in [-0.4, -0.2) is 62.9 Å². The van der Waals surface area contributed by atoms with E-state index in [0.717, 1.165) is 46.0 Å². The predicted octanol–water partition coefficient (Wildman–Crippen LogP) is 2.34. The Labute approximate surface area is 197 Å². The number of rotatable bonds is 5. The Morgan fingerprint density at radius 1 is 1.30 bits per heavy atom. The Hall–Kier alpha value is -2.88. The van der Waals surface area contributed by atoms with Gasteiger partial charge >= 0.3 is 0 Å². The van der Waals surface area contributed by atoms with Gasteiger partial charge in [0.05, 0.1) is 23.9 Å². The number of aryl methyl sites for hydroxylation is 1. The van der Waals surface area contributed by atoms with Crippen molar-refractivity contribution in [1.82, 2.24) is 15.6 Å². The number of nitrogen functional groups attached to an aromatic ring is 1. The van der Waals surface area contributed by atoms with Crippen LogP contribution in [0.25, 0.3) is 10.2 Å². The zero-order valence-corrected chi connectivity index (χ0v) is 19.9. The number of amides is 1. The van der Waals surface area contributed by atoms with Gasteiger partial charge in [-0.15, -0.1) is 11.3 Å². The molecule has 2 aromatic heterocycles. The van der Waals surface area contributed by atoms with Gasteiger partial charge in [0.1, 0.15) is 22.1 Å². The summed E-state index contributed by atoms with van der Waals surface area (Å²) in [5.41, 5.74) is 9.85. The van der Waals surface area contributed by atoms with Gasteiger partial charge in [-0.25, -0.2) is 4.98 Å². The molecule has 0 unspecified atom stereocenters. The smallest absolute Gasteiger partial charge is 0.263 e. The molecule has 1 aromatic carbocycles. The Morgan fingerprint density at radius 3 is 2.91 bits per heavy atom. The minimum absolute atomic E-state index is 0.117. The maximum absolute atomic E-state index is 13.0. The molecule has 0 bridgehead atoms. The van der Waals surface area contributed by atoms with Crippen LogP contribution in [0, 0.1) is 6.92 Å². The van der Waals surface area contributed by atoms with Gasteiger partial charge in [-0.3, -0.25) is 4.79 Å². The van der Waals surface area contributed by atoms with Gasteiger partial charge in [-0.2, -0.15) is 0 Å². The molecule has 2 aliphatic rings. The summed E-state index contributed by atoms with van der Waals surface area (Å²) in [6.45, 7) is 4.07. The van der Waals surface area contributed by atoms with E-state index in [9.17, 15) is 4.79 Å². The molecule has 9 heteroatoms. The zero-order valence-electron chi connectivity index (χ0n) is 19.1. The molecule has 1 fully saturated rings. The van der Waals surface area contributed by atoms with E-state index in [2.05, 4.69) is 38.7 Å². The van der Waals surface area contributed by atoms with E-state index in [1.165, 1.54) is 11.3 Å². The molecule has 4 N–H and O–H groups in total. The largest absolute Gasteiger partial charge is 0.491 e. The maximum atomic E-state index is 13.0. The van der Waals surface area contributed by atoms with Gasteiger partial charge in [0.2, 0.25) is 0 Å². The molecule has 174 valence electrons. The van der Waals surface area contributed by atoms with Crippen LogP contribution in [0.5, 0.6) is 5.75 Å². The van der Waals surface area contributed by atoms with Crippen molar-refractivity contribution in [3.05, 3.63) is 46.5 Å². The second-order valence-electron chi connectivity index (χ2n) is 8.70. The molecule has 5 rings (SSSR count). The summed E-state index contributed by atoms with van der Waals surface area (Å²) in [5, 5.41) is 7.25. The average molecular weight is 468 g/mol. The molecule has 0 radical (unpaired) electrons. The van der Waals surface area contributed by atoms with Crippen molar-refractivity contribution < 1.29 is 14.3 Å². The maximum Gasteiger partial charge on any atom is 0.263 e. The van der Waals surface area contributed by atoms with Crippen molar-refractivity contribution in [1.29, 1.82) is 0 Å². The molecule has 3 aromatic rings. The summed E-state index contributed by atoms with van der Waals surface area (Å²) in [6.07, 6.45) is 0.871. The van der Waals surface area contributed by atoms with Gasteiger partial charge in [0.25, 0.3) is 5.91 Å². The topological polar surface area (TPSA) is 102 Å². The fourth-order valence-electron chi connectivity index (χ4n) is 4.66. The highest BCUT2D eigenvalue weighted by Crippen LogP contribution is 2.34. The molecule has 0 spiro atoms. The summed E-state index contributed by atoms with van der Waals surface area (Å²) >= 11 is 1.33. The second-order valence-corrected chi connectivity index (χ2v) is 9.70. The lowest BCUT2D eigenvalue weighted by molar-refractivity contribution is 0.0920. The number of anilines is 2. The Kier molecular flexibility index (Phi) is 5.86. The second kappa shape index (κ2) is 8.81. The van der Waals surface area contributed by atoms with E-state index >= 15 is 0 Å². The van der Waals surface area contributed by atoms with E-state index in [1.807, 2.05) is 26.1 Å². The minimum atomic E-state index is -0.178. The summed E-state index contributed by atoms with van der Waals surface area (Å²) in [6, 6.07) is 10.3. The third-order valence-corrected chi connectivity index (χ3v) is 7.65. The Bertz CT molecular complexity index is 1180. The van der Waals surface area contributed by atoms with Crippen LogP contribution in [0.3, 0.4) is 0 Å². The van der Waals surface area contributed by atoms with Crippen molar-refractivity contribution in [3.8, 4) is 5.75 Å². The number of carbonyl (C=O) groups is 1. The third kappa shape index (κ3) is 4.12. The Balaban J connectivity index is 1.27. The SMILES string of the molecule is CN[C@H]1CN(c2ccc3c(c2)OC[C@H](NC(=O)c2sc4nc(C)ccc4c2N)C3)C[C@@H]1OC. The summed E-state index contributed by atoms with van der Waals surface area (Å²) in [4.78, 5) is 21.1. The number of nitrogens with one attached hydrogen (secondary N) is 2. The molecule has 0 aliphatic carbocycles. The molecule has 0 saturated carbocycles. The number of hydrogen-bond acceptors (Lipinski definition) is 8. The van der Waals surface area contributed by atoms with Crippen molar-refractivity contribution in [3.63, 3.8) is 0 Å². The van der Waals surface area contributed by atoms with Crippen LogP contribution in [0.2, 0.25) is 0 Å². The van der Waals surface area contributed by atoms with Crippen molar-refractivity contribution in [2.45, 2.75) is 31.5 Å². The average Bonchev–Trinajstić information content (AvgIpc) is 3.39. The highest BCUT2D eigenvalue weighted by atomic mass is 32.1. The monoisotopic (exact) mass is 467 g/mol. The first-order valence-electron chi connectivity index (χ1n) is 11.1. The first kappa shape index (κ1) is 21.9. The number of fused-ring (bicyclic) bond motifs is 2. The van der Waals surface area contributed by atoms with E-state index in [4.69, 9.17) is 15.2 Å². The number of benzene rings is 1. The van der Waals surface area contributed by atoms with E-state index < -0.39 is 0 Å². The Morgan fingerprint density at radius 2 is 2.15 bits per heavy atom. The number of hydrogen-bond donors (Lipinski definition) is 3. The molecule has 1 saturated heterocycles. The van der Waals surface area contributed by atoms with Crippen LogP contribution in [0.4, 0.5) is 11.4 Å². The molecule has 4 heterocycles. The number of ether oxygens (including phenoxy) is 2. The number of pyridine rings is 1. The normalized spacial score (nSPS) is 22.3. The number of thiophene rings is 1. The lowest BCUT2D eigenvalue weighted by Crippen LogP contribution is -2.42. The number of nitrogens with two attached hydrogens (primary N) is 1. The first-order valence-corrected chi connectivity index (χ1v) is 12.0. The molecule has 1 amide bonds. The highest BCUT2D eigenvalue weighted by molar-refractivity contribution is 7.21. The lowest BCUT2D eigenvalue weighted by atomic mass is 10.0. The molecular weight excluding hydrogens is 438 g/mol. The lowest BCUT2D eigenvalue weighted by Gasteiger charge is -2.28. The number of nitrogens with zero attached hydrogens (tertiary/aromatic N) is 2. The summed E-state index contributed by atoms with van der Waals surface area (Å²) in [5.74, 6) is 0.698. The van der Waals surface area contributed by atoms with Gasteiger partial charge in [0.15, 0.2) is 0 Å². The fourth-order valence-corrected chi connectivity index (χ4v) is 5.70. The number of carbonyl (C=O) groups excluding carboxylic acids is 1. The number of aromatic nitrogens is 1. The van der Waals surface area contributed by atoms with Gasteiger partial charge in [-0.1, -0.05) is 6.07 Å². The van der Waals surface area contributed by atoms with Crippen molar-refractivity contribution in [2.75, 3.05) is 44.5 Å². The third-order valence-electron chi connectivity index (χ3n) is 6.54. The molecule has 3 atom stereocenters. The van der Waals surface area contributed by atoms with E-state index in [0.29, 0.717) is 29.6 Å². The molecule has 2 aliphatic heterocycles. The van der Waals surface area contributed by atoms with Gasteiger partial charge < -0.3 is 30.7 Å². The van der Waals surface area contributed by atoms with E-state index in [-0.39, 0.29) is 18.1 Å². The predicted molar refractivity (Wildman–Crippen MR) is 132 cm³/mol. The van der Waals surface area contributed by atoms with Gasteiger partial charge in [-0.05, 0) is 44.2 Å². The quantitative estimate of drug-likeness (QED) is 0.529. The van der Waals surface area contributed by atoms with Crippen LogP contribution in [-0.2, 0) is 11.2 Å². The van der Waals surface area contributed by atoms with Crippen LogP contribution in [0.1, 0.15) is 20.9 Å². The fraction of sp³-hybridized carbons (Fsp3) is 0.417. The van der Waals surface area contributed by atoms with Gasteiger partial charge in [0, 0.05) is 43.0 Å².